The van der Waals surface area contributed by atoms with Crippen LogP contribution in [-0.2, 0) is 0 Å². The van der Waals surface area contributed by atoms with Crippen LogP contribution in [0.1, 0.15) is 24.2 Å². The van der Waals surface area contributed by atoms with Gasteiger partial charge in [-0.05, 0) is 24.8 Å². The summed E-state index contributed by atoms with van der Waals surface area (Å²) in [5.41, 5.74) is 0.0419. The first kappa shape index (κ1) is 15.3. The Morgan fingerprint density at radius 3 is 2.79 bits per heavy atom. The number of carboxylic acids is 1. The molecule has 1 rings (SSSR count). The van der Waals surface area contributed by atoms with Gasteiger partial charge in [0.2, 0.25) is 0 Å². The number of nitrogens with one attached hydrogen (secondary N) is 1. The molecule has 1 aromatic carbocycles. The zero-order chi connectivity index (χ0) is 14.4. The van der Waals surface area contributed by atoms with Crippen LogP contribution >= 0.6 is 11.8 Å². The first-order chi connectivity index (χ1) is 8.95. The average Bonchev–Trinajstić information content (AvgIpc) is 2.36. The average molecular weight is 284 g/mol. The molecule has 7 heteroatoms. The lowest BCUT2D eigenvalue weighted by Gasteiger charge is -2.14. The van der Waals surface area contributed by atoms with Crippen molar-refractivity contribution in [3.63, 3.8) is 0 Å². The SMILES string of the molecule is CCSCC(C)Nc1ccc(C(=O)O)cc1[N+](=O)[O-]. The number of carbonyl (C=O) groups is 1. The third-order valence-corrected chi connectivity index (χ3v) is 3.56. The fourth-order valence-electron chi connectivity index (χ4n) is 1.54. The Bertz CT molecular complexity index is 479. The van der Waals surface area contributed by atoms with Gasteiger partial charge in [0.15, 0.2) is 0 Å². The van der Waals surface area contributed by atoms with Gasteiger partial charge >= 0.3 is 5.97 Å². The molecule has 19 heavy (non-hydrogen) atoms. The van der Waals surface area contributed by atoms with Gasteiger partial charge < -0.3 is 10.4 Å². The highest BCUT2D eigenvalue weighted by molar-refractivity contribution is 7.99. The number of anilines is 1. The van der Waals surface area contributed by atoms with E-state index in [4.69, 9.17) is 5.11 Å². The molecule has 0 amide bonds. The number of nitro groups is 1. The third kappa shape index (κ3) is 4.44. The Morgan fingerprint density at radius 2 is 2.26 bits per heavy atom. The van der Waals surface area contributed by atoms with Crippen molar-refractivity contribution in [1.29, 1.82) is 0 Å². The molecule has 0 bridgehead atoms. The molecule has 0 aromatic heterocycles. The van der Waals surface area contributed by atoms with Crippen molar-refractivity contribution >= 4 is 29.1 Å². The lowest BCUT2D eigenvalue weighted by molar-refractivity contribution is -0.384. The van der Waals surface area contributed by atoms with Gasteiger partial charge in [-0.2, -0.15) is 11.8 Å². The maximum Gasteiger partial charge on any atom is 0.335 e. The molecule has 1 unspecified atom stereocenters. The molecule has 0 spiro atoms. The van der Waals surface area contributed by atoms with Crippen molar-refractivity contribution in [1.82, 2.24) is 0 Å². The predicted octanol–water partition coefficient (Wildman–Crippen LogP) is 2.85. The summed E-state index contributed by atoms with van der Waals surface area (Å²) in [6.07, 6.45) is 0. The van der Waals surface area contributed by atoms with Crippen molar-refractivity contribution in [2.75, 3.05) is 16.8 Å². The minimum absolute atomic E-state index is 0.0688. The molecule has 0 radical (unpaired) electrons. The molecule has 1 aromatic rings. The van der Waals surface area contributed by atoms with E-state index in [-0.39, 0.29) is 17.3 Å². The summed E-state index contributed by atoms with van der Waals surface area (Å²) in [5, 5.41) is 22.8. The second-order valence-corrected chi connectivity index (χ2v) is 5.32. The highest BCUT2D eigenvalue weighted by atomic mass is 32.2. The van der Waals surface area contributed by atoms with Crippen molar-refractivity contribution in [2.24, 2.45) is 0 Å². The van der Waals surface area contributed by atoms with Crippen LogP contribution in [0.2, 0.25) is 0 Å². The van der Waals surface area contributed by atoms with E-state index in [1.54, 1.807) is 11.8 Å². The summed E-state index contributed by atoms with van der Waals surface area (Å²) in [6, 6.07) is 3.94. The van der Waals surface area contributed by atoms with Gasteiger partial charge in [0.1, 0.15) is 5.69 Å². The number of hydrogen-bond donors (Lipinski definition) is 2. The quantitative estimate of drug-likeness (QED) is 0.591. The Hall–Kier alpha value is -1.76. The van der Waals surface area contributed by atoms with Crippen LogP contribution in [0.3, 0.4) is 0 Å². The van der Waals surface area contributed by atoms with Crippen LogP contribution in [0.4, 0.5) is 11.4 Å². The molecule has 6 nitrogen and oxygen atoms in total. The van der Waals surface area contributed by atoms with Gasteiger partial charge in [0.25, 0.3) is 5.69 Å². The second-order valence-electron chi connectivity index (χ2n) is 4.00. The molecular weight excluding hydrogens is 268 g/mol. The molecule has 1 atom stereocenters. The molecule has 2 N–H and O–H groups in total. The molecule has 0 aliphatic carbocycles. The fraction of sp³-hybridized carbons (Fsp3) is 0.417. The van der Waals surface area contributed by atoms with E-state index in [0.29, 0.717) is 5.69 Å². The van der Waals surface area contributed by atoms with Gasteiger partial charge in [0.05, 0.1) is 10.5 Å². The first-order valence-corrected chi connectivity index (χ1v) is 6.97. The van der Waals surface area contributed by atoms with Crippen LogP contribution in [0, 0.1) is 10.1 Å². The van der Waals surface area contributed by atoms with Gasteiger partial charge in [-0.3, -0.25) is 10.1 Å². The molecule has 0 fully saturated rings. The molecular formula is C12H16N2O4S. The molecule has 0 aliphatic heterocycles. The zero-order valence-corrected chi connectivity index (χ0v) is 11.6. The summed E-state index contributed by atoms with van der Waals surface area (Å²) in [6.45, 7) is 3.97. The summed E-state index contributed by atoms with van der Waals surface area (Å²) in [5.74, 6) is 0.629. The molecule has 104 valence electrons. The number of aromatic carboxylic acids is 1. The van der Waals surface area contributed by atoms with Gasteiger partial charge in [-0.15, -0.1) is 0 Å². The van der Waals surface area contributed by atoms with E-state index in [2.05, 4.69) is 5.32 Å². The predicted molar refractivity (Wildman–Crippen MR) is 76.1 cm³/mol. The number of rotatable bonds is 7. The summed E-state index contributed by atoms with van der Waals surface area (Å²) in [7, 11) is 0. The lowest BCUT2D eigenvalue weighted by Crippen LogP contribution is -2.19. The van der Waals surface area contributed by atoms with Crippen molar-refractivity contribution in [3.8, 4) is 0 Å². The van der Waals surface area contributed by atoms with Crippen LogP contribution in [0.15, 0.2) is 18.2 Å². The molecule has 0 saturated carbocycles. The molecule has 0 heterocycles. The monoisotopic (exact) mass is 284 g/mol. The van der Waals surface area contributed by atoms with Gasteiger partial charge in [-0.25, -0.2) is 4.79 Å². The van der Waals surface area contributed by atoms with E-state index in [1.807, 2.05) is 13.8 Å². The second kappa shape index (κ2) is 6.98. The maximum atomic E-state index is 11.0. The van der Waals surface area contributed by atoms with Crippen LogP contribution in [0.25, 0.3) is 0 Å². The van der Waals surface area contributed by atoms with E-state index >= 15 is 0 Å². The highest BCUT2D eigenvalue weighted by Crippen LogP contribution is 2.26. The Morgan fingerprint density at radius 1 is 1.58 bits per heavy atom. The first-order valence-electron chi connectivity index (χ1n) is 5.81. The minimum atomic E-state index is -1.18. The van der Waals surface area contributed by atoms with E-state index < -0.39 is 10.9 Å². The Kier molecular flexibility index (Phi) is 5.62. The summed E-state index contributed by atoms with van der Waals surface area (Å²) < 4.78 is 0. The highest BCUT2D eigenvalue weighted by Gasteiger charge is 2.18. The van der Waals surface area contributed by atoms with Crippen LogP contribution in [-0.4, -0.2) is 33.5 Å². The zero-order valence-electron chi connectivity index (χ0n) is 10.8. The molecule has 0 saturated heterocycles. The number of carboxylic acid groups (broad SMARTS) is 1. The molecule has 0 aliphatic rings. The van der Waals surface area contributed by atoms with Gasteiger partial charge in [0, 0.05) is 17.9 Å². The number of nitrogens with zero attached hydrogens (tertiary/aromatic N) is 1. The maximum absolute atomic E-state index is 11.0. The normalized spacial score (nSPS) is 11.9. The largest absolute Gasteiger partial charge is 0.478 e. The number of hydrogen-bond acceptors (Lipinski definition) is 5. The van der Waals surface area contributed by atoms with E-state index in [9.17, 15) is 14.9 Å². The summed E-state index contributed by atoms with van der Waals surface area (Å²) in [4.78, 5) is 21.2. The lowest BCUT2D eigenvalue weighted by atomic mass is 10.1. The van der Waals surface area contributed by atoms with Crippen molar-refractivity contribution in [3.05, 3.63) is 33.9 Å². The van der Waals surface area contributed by atoms with Crippen LogP contribution < -0.4 is 5.32 Å². The number of thioether (sulfide) groups is 1. The Balaban J connectivity index is 2.94. The van der Waals surface area contributed by atoms with Crippen molar-refractivity contribution in [2.45, 2.75) is 19.9 Å². The van der Waals surface area contributed by atoms with E-state index in [1.165, 1.54) is 12.1 Å². The summed E-state index contributed by atoms with van der Waals surface area (Å²) >= 11 is 1.73. The smallest absolute Gasteiger partial charge is 0.335 e. The van der Waals surface area contributed by atoms with E-state index in [0.717, 1.165) is 17.6 Å². The van der Waals surface area contributed by atoms with Crippen LogP contribution in [0.5, 0.6) is 0 Å². The van der Waals surface area contributed by atoms with Gasteiger partial charge in [-0.1, -0.05) is 6.92 Å². The number of nitro benzene ring substituents is 1. The third-order valence-electron chi connectivity index (χ3n) is 2.42. The standard InChI is InChI=1S/C12H16N2O4S/c1-3-19-7-8(2)13-10-5-4-9(12(15)16)6-11(10)14(17)18/h4-6,8,13H,3,7H2,1-2H3,(H,15,16). The fourth-order valence-corrected chi connectivity index (χ4v) is 2.21. The van der Waals surface area contributed by atoms with Crippen molar-refractivity contribution < 1.29 is 14.8 Å². The minimum Gasteiger partial charge on any atom is -0.478 e. The Labute approximate surface area is 115 Å². The number of benzene rings is 1. The topological polar surface area (TPSA) is 92.5 Å².